The second kappa shape index (κ2) is 6.78. The average molecular weight is 308 g/mol. The molecule has 1 N–H and O–H groups in total. The van der Waals surface area contributed by atoms with Crippen LogP contribution in [0.2, 0.25) is 0 Å². The lowest BCUT2D eigenvalue weighted by molar-refractivity contribution is -0.201. The lowest BCUT2D eigenvalue weighted by Gasteiger charge is -2.22. The Labute approximate surface area is 119 Å². The number of hydrogen-bond acceptors (Lipinski definition) is 3. The number of rotatable bonds is 7. The van der Waals surface area contributed by atoms with E-state index in [1.54, 1.807) is 0 Å². The standard InChI is InChI=1S/C14H16F4O3/c1-13(15,16)14(17,18)8-4-5-9-21-12(20)10-6-2-3-7-11(10)19/h2-3,6-7,19H,4-5,8-9H2,1H3. The summed E-state index contributed by atoms with van der Waals surface area (Å²) in [5.74, 6) is -9.19. The number of esters is 1. The number of hydrogen-bond donors (Lipinski definition) is 1. The molecule has 0 saturated carbocycles. The van der Waals surface area contributed by atoms with E-state index in [1.807, 2.05) is 0 Å². The summed E-state index contributed by atoms with van der Waals surface area (Å²) >= 11 is 0. The summed E-state index contributed by atoms with van der Waals surface area (Å²) in [6, 6.07) is 5.71. The van der Waals surface area contributed by atoms with Gasteiger partial charge in [0, 0.05) is 13.3 Å². The predicted molar refractivity (Wildman–Crippen MR) is 67.8 cm³/mol. The molecule has 0 aliphatic heterocycles. The van der Waals surface area contributed by atoms with Crippen molar-refractivity contribution >= 4 is 5.97 Å². The van der Waals surface area contributed by atoms with Crippen LogP contribution in [0, 0.1) is 0 Å². The number of carbonyl (C=O) groups is 1. The van der Waals surface area contributed by atoms with Crippen molar-refractivity contribution in [3.05, 3.63) is 29.8 Å². The van der Waals surface area contributed by atoms with Crippen LogP contribution in [0.1, 0.15) is 36.5 Å². The second-order valence-corrected chi connectivity index (χ2v) is 4.70. The summed E-state index contributed by atoms with van der Waals surface area (Å²) in [4.78, 5) is 11.5. The van der Waals surface area contributed by atoms with Gasteiger partial charge in [-0.25, -0.2) is 13.6 Å². The van der Waals surface area contributed by atoms with Crippen LogP contribution in [0.25, 0.3) is 0 Å². The number of ether oxygens (including phenoxy) is 1. The SMILES string of the molecule is CC(F)(F)C(F)(F)CCCCOC(=O)c1ccccc1O. The Hall–Kier alpha value is -1.79. The van der Waals surface area contributed by atoms with Gasteiger partial charge in [0.2, 0.25) is 0 Å². The monoisotopic (exact) mass is 308 g/mol. The molecular weight excluding hydrogens is 292 g/mol. The van der Waals surface area contributed by atoms with Gasteiger partial charge in [0.1, 0.15) is 11.3 Å². The number of carbonyl (C=O) groups excluding carboxylic acids is 1. The fourth-order valence-electron chi connectivity index (χ4n) is 1.56. The molecule has 1 aromatic carbocycles. The van der Waals surface area contributed by atoms with Crippen molar-refractivity contribution in [1.29, 1.82) is 0 Å². The molecular formula is C14H16F4O3. The zero-order valence-corrected chi connectivity index (χ0v) is 11.4. The van der Waals surface area contributed by atoms with Crippen LogP contribution in [0.4, 0.5) is 17.6 Å². The van der Waals surface area contributed by atoms with Crippen LogP contribution in [0.5, 0.6) is 5.75 Å². The topological polar surface area (TPSA) is 46.5 Å². The van der Waals surface area contributed by atoms with Gasteiger partial charge in [-0.05, 0) is 25.0 Å². The summed E-state index contributed by atoms with van der Waals surface area (Å²) in [5, 5.41) is 9.40. The Morgan fingerprint density at radius 1 is 1.19 bits per heavy atom. The Morgan fingerprint density at radius 2 is 1.81 bits per heavy atom. The summed E-state index contributed by atoms with van der Waals surface area (Å²) < 4.78 is 55.7. The highest BCUT2D eigenvalue weighted by atomic mass is 19.3. The molecule has 0 fully saturated rings. The first kappa shape index (κ1) is 17.3. The number of phenolic OH excluding ortho intramolecular Hbond substituents is 1. The first-order chi connectivity index (χ1) is 9.65. The fraction of sp³-hybridized carbons (Fsp3) is 0.500. The van der Waals surface area contributed by atoms with Gasteiger partial charge in [0.25, 0.3) is 0 Å². The fourth-order valence-corrected chi connectivity index (χ4v) is 1.56. The molecule has 1 rings (SSSR count). The Bertz CT molecular complexity index is 483. The Balaban J connectivity index is 2.33. The molecule has 0 amide bonds. The van der Waals surface area contributed by atoms with Crippen molar-refractivity contribution in [2.24, 2.45) is 0 Å². The molecule has 0 atom stereocenters. The average Bonchev–Trinajstić information content (AvgIpc) is 2.37. The van der Waals surface area contributed by atoms with Crippen LogP contribution in [0.15, 0.2) is 24.3 Å². The minimum atomic E-state index is -4.07. The number of phenols is 1. The van der Waals surface area contributed by atoms with Crippen molar-refractivity contribution in [2.45, 2.75) is 38.0 Å². The smallest absolute Gasteiger partial charge is 0.341 e. The molecule has 0 heterocycles. The van der Waals surface area contributed by atoms with Crippen molar-refractivity contribution in [1.82, 2.24) is 0 Å². The van der Waals surface area contributed by atoms with E-state index in [1.165, 1.54) is 24.3 Å². The number of aromatic hydroxyl groups is 1. The van der Waals surface area contributed by atoms with Gasteiger partial charge in [-0.3, -0.25) is 0 Å². The van der Waals surface area contributed by atoms with Crippen molar-refractivity contribution in [3.63, 3.8) is 0 Å². The molecule has 0 bridgehead atoms. The van der Waals surface area contributed by atoms with E-state index in [9.17, 15) is 27.5 Å². The zero-order chi connectivity index (χ0) is 16.1. The van der Waals surface area contributed by atoms with E-state index in [0.29, 0.717) is 0 Å². The van der Waals surface area contributed by atoms with Gasteiger partial charge in [0.15, 0.2) is 0 Å². The third-order valence-corrected chi connectivity index (χ3v) is 2.88. The summed E-state index contributed by atoms with van der Waals surface area (Å²) in [6.07, 6.45) is -1.15. The quantitative estimate of drug-likeness (QED) is 0.470. The van der Waals surface area contributed by atoms with Crippen molar-refractivity contribution in [2.75, 3.05) is 6.61 Å². The third kappa shape index (κ3) is 4.91. The van der Waals surface area contributed by atoms with Gasteiger partial charge < -0.3 is 9.84 Å². The summed E-state index contributed by atoms with van der Waals surface area (Å²) in [7, 11) is 0. The Kier molecular flexibility index (Phi) is 5.57. The Morgan fingerprint density at radius 3 is 2.38 bits per heavy atom. The molecule has 0 unspecified atom stereocenters. The molecule has 0 aliphatic rings. The highest BCUT2D eigenvalue weighted by molar-refractivity contribution is 5.92. The van der Waals surface area contributed by atoms with Crippen LogP contribution in [0.3, 0.4) is 0 Å². The van der Waals surface area contributed by atoms with E-state index in [-0.39, 0.29) is 37.7 Å². The molecule has 118 valence electrons. The highest BCUT2D eigenvalue weighted by Gasteiger charge is 2.51. The number of unbranched alkanes of at least 4 members (excludes halogenated alkanes) is 1. The van der Waals surface area contributed by atoms with Gasteiger partial charge in [-0.15, -0.1) is 0 Å². The highest BCUT2D eigenvalue weighted by Crippen LogP contribution is 2.37. The normalized spacial score (nSPS) is 12.2. The van der Waals surface area contributed by atoms with E-state index in [2.05, 4.69) is 0 Å². The largest absolute Gasteiger partial charge is 0.507 e. The molecule has 3 nitrogen and oxygen atoms in total. The molecule has 0 saturated heterocycles. The van der Waals surface area contributed by atoms with Gasteiger partial charge in [0.05, 0.1) is 6.61 Å². The molecule has 0 aromatic heterocycles. The van der Waals surface area contributed by atoms with E-state index < -0.39 is 24.2 Å². The zero-order valence-electron chi connectivity index (χ0n) is 11.4. The molecule has 1 aromatic rings. The predicted octanol–water partition coefficient (Wildman–Crippen LogP) is 4.01. The minimum absolute atomic E-state index is 0.0327. The number of alkyl halides is 4. The first-order valence-electron chi connectivity index (χ1n) is 6.36. The number of halogens is 4. The maximum atomic E-state index is 12.9. The van der Waals surface area contributed by atoms with Crippen LogP contribution >= 0.6 is 0 Å². The lowest BCUT2D eigenvalue weighted by atomic mass is 10.1. The van der Waals surface area contributed by atoms with Crippen LogP contribution in [-0.2, 0) is 4.74 Å². The van der Waals surface area contributed by atoms with Gasteiger partial charge >= 0.3 is 17.8 Å². The molecule has 0 aliphatic carbocycles. The molecule has 0 spiro atoms. The maximum absolute atomic E-state index is 12.9. The van der Waals surface area contributed by atoms with E-state index >= 15 is 0 Å². The minimum Gasteiger partial charge on any atom is -0.507 e. The molecule has 0 radical (unpaired) electrons. The first-order valence-corrected chi connectivity index (χ1v) is 6.36. The lowest BCUT2D eigenvalue weighted by Crippen LogP contribution is -2.37. The number of benzene rings is 1. The maximum Gasteiger partial charge on any atom is 0.341 e. The number of para-hydroxylation sites is 1. The molecule has 21 heavy (non-hydrogen) atoms. The van der Waals surface area contributed by atoms with E-state index in [4.69, 9.17) is 4.74 Å². The second-order valence-electron chi connectivity index (χ2n) is 4.70. The van der Waals surface area contributed by atoms with Gasteiger partial charge in [-0.2, -0.15) is 8.78 Å². The van der Waals surface area contributed by atoms with E-state index in [0.717, 1.165) is 0 Å². The summed E-state index contributed by atoms with van der Waals surface area (Å²) in [6.45, 7) is -0.0102. The van der Waals surface area contributed by atoms with Crippen molar-refractivity contribution in [3.8, 4) is 5.75 Å². The van der Waals surface area contributed by atoms with Crippen molar-refractivity contribution < 1.29 is 32.2 Å². The summed E-state index contributed by atoms with van der Waals surface area (Å²) in [5.41, 5.74) is -0.0390. The van der Waals surface area contributed by atoms with Crippen LogP contribution < -0.4 is 0 Å². The third-order valence-electron chi connectivity index (χ3n) is 2.88. The molecule has 7 heteroatoms. The van der Waals surface area contributed by atoms with Crippen LogP contribution in [-0.4, -0.2) is 29.5 Å². The van der Waals surface area contributed by atoms with Gasteiger partial charge in [-0.1, -0.05) is 12.1 Å².